The van der Waals surface area contributed by atoms with Gasteiger partial charge in [0.25, 0.3) is 0 Å². The van der Waals surface area contributed by atoms with Gasteiger partial charge in [0.15, 0.2) is 11.5 Å². The van der Waals surface area contributed by atoms with Crippen LogP contribution in [0.2, 0.25) is 0 Å². The number of aryl methyl sites for hydroxylation is 1. The van der Waals surface area contributed by atoms with Crippen LogP contribution in [0.3, 0.4) is 0 Å². The Morgan fingerprint density at radius 3 is 2.46 bits per heavy atom. The summed E-state index contributed by atoms with van der Waals surface area (Å²) in [5.74, 6) is -0.598. The number of aromatic nitrogens is 2. The van der Waals surface area contributed by atoms with Crippen LogP contribution >= 0.6 is 27.3 Å². The lowest BCUT2D eigenvalue weighted by atomic mass is 9.84. The largest absolute Gasteiger partial charge is 0.427 e. The van der Waals surface area contributed by atoms with E-state index in [-0.39, 0.29) is 17.1 Å². The van der Waals surface area contributed by atoms with Gasteiger partial charge in [-0.2, -0.15) is 0 Å². The number of halogens is 1. The summed E-state index contributed by atoms with van der Waals surface area (Å²) in [4.78, 5) is 34.9. The van der Waals surface area contributed by atoms with Gasteiger partial charge in [-0.25, -0.2) is 4.98 Å². The van der Waals surface area contributed by atoms with E-state index in [0.29, 0.717) is 16.4 Å². The summed E-state index contributed by atoms with van der Waals surface area (Å²) in [7, 11) is 0. The van der Waals surface area contributed by atoms with Gasteiger partial charge in [0.05, 0.1) is 17.0 Å². The van der Waals surface area contributed by atoms with E-state index in [1.54, 1.807) is 33.9 Å². The molecule has 0 amide bonds. The fraction of sp³-hybridized carbons (Fsp3) is 0.400. The molecule has 0 aliphatic carbocycles. The van der Waals surface area contributed by atoms with Crippen LogP contribution in [-0.4, -0.2) is 32.9 Å². The Kier molecular flexibility index (Phi) is 5.33. The molecule has 0 bridgehead atoms. The van der Waals surface area contributed by atoms with E-state index in [1.807, 2.05) is 19.1 Å². The number of nitrogens with zero attached hydrogens (tertiary/aromatic N) is 2. The van der Waals surface area contributed by atoms with E-state index in [0.717, 1.165) is 9.35 Å². The number of carbonyl (C=O) groups is 2. The summed E-state index contributed by atoms with van der Waals surface area (Å²) in [5.41, 5.74) is -0.557. The summed E-state index contributed by atoms with van der Waals surface area (Å²) >= 11 is 4.80. The Bertz CT molecular complexity index is 990. The van der Waals surface area contributed by atoms with E-state index in [2.05, 4.69) is 25.9 Å². The SMILES string of the molecule is CC(=O)OC1=C(c2nc(-c3ccc(Br)cn3)sc2C)C(=O)C(C)(C)OC1(C)C. The molecule has 0 N–H and O–H groups in total. The first-order valence-electron chi connectivity index (χ1n) is 8.70. The van der Waals surface area contributed by atoms with E-state index in [1.165, 1.54) is 18.3 Å². The van der Waals surface area contributed by atoms with Crippen LogP contribution < -0.4 is 0 Å². The summed E-state index contributed by atoms with van der Waals surface area (Å²) < 4.78 is 12.3. The van der Waals surface area contributed by atoms with Crippen molar-refractivity contribution >= 4 is 44.6 Å². The molecule has 1 aliphatic rings. The molecule has 6 nitrogen and oxygen atoms in total. The molecule has 1 aliphatic heterocycles. The lowest BCUT2D eigenvalue weighted by molar-refractivity contribution is -0.165. The molecule has 0 saturated heterocycles. The zero-order chi connectivity index (χ0) is 20.9. The number of pyridine rings is 1. The third-order valence-corrected chi connectivity index (χ3v) is 5.75. The Balaban J connectivity index is 2.22. The molecule has 0 saturated carbocycles. The zero-order valence-electron chi connectivity index (χ0n) is 16.5. The van der Waals surface area contributed by atoms with Crippen LogP contribution in [0.5, 0.6) is 0 Å². The van der Waals surface area contributed by atoms with Crippen molar-refractivity contribution in [2.75, 3.05) is 0 Å². The third kappa shape index (κ3) is 3.81. The quantitative estimate of drug-likeness (QED) is 0.612. The number of hydrogen-bond acceptors (Lipinski definition) is 7. The van der Waals surface area contributed by atoms with Crippen molar-refractivity contribution in [3.63, 3.8) is 0 Å². The maximum absolute atomic E-state index is 13.2. The van der Waals surface area contributed by atoms with Gasteiger partial charge in [-0.15, -0.1) is 11.3 Å². The minimum Gasteiger partial charge on any atom is -0.427 e. The molecule has 0 radical (unpaired) electrons. The van der Waals surface area contributed by atoms with Crippen molar-refractivity contribution in [2.45, 2.75) is 52.7 Å². The van der Waals surface area contributed by atoms with Crippen LogP contribution in [0.4, 0.5) is 0 Å². The van der Waals surface area contributed by atoms with Gasteiger partial charge in [0.2, 0.25) is 0 Å². The molecule has 28 heavy (non-hydrogen) atoms. The first-order chi connectivity index (χ1) is 12.9. The van der Waals surface area contributed by atoms with Gasteiger partial charge < -0.3 is 9.47 Å². The Hall–Kier alpha value is -1.90. The smallest absolute Gasteiger partial charge is 0.307 e. The number of thiazole rings is 1. The maximum atomic E-state index is 13.2. The van der Waals surface area contributed by atoms with Crippen molar-refractivity contribution in [3.05, 3.63) is 39.1 Å². The van der Waals surface area contributed by atoms with Gasteiger partial charge in [-0.3, -0.25) is 14.6 Å². The summed E-state index contributed by atoms with van der Waals surface area (Å²) in [6.45, 7) is 10.2. The number of rotatable bonds is 3. The van der Waals surface area contributed by atoms with Crippen LogP contribution in [0.1, 0.15) is 45.2 Å². The Morgan fingerprint density at radius 2 is 1.89 bits per heavy atom. The highest BCUT2D eigenvalue weighted by molar-refractivity contribution is 9.10. The van der Waals surface area contributed by atoms with Gasteiger partial charge in [0.1, 0.15) is 16.2 Å². The predicted octanol–water partition coefficient (Wildman–Crippen LogP) is 4.71. The Labute approximate surface area is 176 Å². The zero-order valence-corrected chi connectivity index (χ0v) is 18.9. The van der Waals surface area contributed by atoms with Gasteiger partial charge in [-0.1, -0.05) is 0 Å². The minimum atomic E-state index is -1.07. The molecular formula is C20H21BrN2O4S. The van der Waals surface area contributed by atoms with E-state index >= 15 is 0 Å². The van der Waals surface area contributed by atoms with Gasteiger partial charge >= 0.3 is 5.97 Å². The average Bonchev–Trinajstić information content (AvgIpc) is 2.94. The lowest BCUT2D eigenvalue weighted by Crippen LogP contribution is -2.50. The molecule has 0 spiro atoms. The van der Waals surface area contributed by atoms with Crippen LogP contribution in [0.25, 0.3) is 16.3 Å². The van der Waals surface area contributed by atoms with Crippen LogP contribution in [0.15, 0.2) is 28.6 Å². The fourth-order valence-corrected chi connectivity index (χ4v) is 4.34. The monoisotopic (exact) mass is 464 g/mol. The molecular weight excluding hydrogens is 444 g/mol. The summed E-state index contributed by atoms with van der Waals surface area (Å²) in [6.07, 6.45) is 1.70. The molecule has 3 rings (SSSR count). The number of carbonyl (C=O) groups excluding carboxylic acids is 2. The second-order valence-corrected chi connectivity index (χ2v) is 9.65. The predicted molar refractivity (Wildman–Crippen MR) is 111 cm³/mol. The standard InChI is InChI=1S/C20H21BrN2O4S/c1-10-15(23-18(28-10)13-8-7-12(21)9-22-13)14-16(25)19(3,4)27-20(5,6)17(14)26-11(2)24/h7-9H,1-6H3. The normalized spacial score (nSPS) is 18.3. The third-order valence-electron chi connectivity index (χ3n) is 4.28. The van der Waals surface area contributed by atoms with Crippen LogP contribution in [-0.2, 0) is 19.1 Å². The van der Waals surface area contributed by atoms with Crippen molar-refractivity contribution in [1.82, 2.24) is 9.97 Å². The minimum absolute atomic E-state index is 0.188. The molecule has 0 aromatic carbocycles. The Morgan fingerprint density at radius 1 is 1.21 bits per heavy atom. The molecule has 148 valence electrons. The fourth-order valence-electron chi connectivity index (χ4n) is 3.21. The van der Waals surface area contributed by atoms with Crippen molar-refractivity contribution < 1.29 is 19.1 Å². The van der Waals surface area contributed by atoms with Gasteiger partial charge in [-0.05, 0) is 62.7 Å². The van der Waals surface area contributed by atoms with E-state index in [4.69, 9.17) is 9.47 Å². The van der Waals surface area contributed by atoms with E-state index < -0.39 is 17.2 Å². The van der Waals surface area contributed by atoms with Crippen molar-refractivity contribution in [2.24, 2.45) is 0 Å². The number of esters is 1. The highest BCUT2D eigenvalue weighted by Gasteiger charge is 2.49. The van der Waals surface area contributed by atoms with Crippen molar-refractivity contribution in [3.8, 4) is 10.7 Å². The molecule has 3 heterocycles. The molecule has 0 atom stereocenters. The maximum Gasteiger partial charge on any atom is 0.307 e. The summed E-state index contributed by atoms with van der Waals surface area (Å²) in [5, 5.41) is 0.685. The second-order valence-electron chi connectivity index (χ2n) is 7.54. The summed E-state index contributed by atoms with van der Waals surface area (Å²) in [6, 6.07) is 3.74. The first-order valence-corrected chi connectivity index (χ1v) is 10.3. The first kappa shape index (κ1) is 20.8. The molecule has 0 fully saturated rings. The van der Waals surface area contributed by atoms with E-state index in [9.17, 15) is 9.59 Å². The second kappa shape index (κ2) is 7.17. The highest BCUT2D eigenvalue weighted by atomic mass is 79.9. The molecule has 2 aromatic heterocycles. The topological polar surface area (TPSA) is 78.4 Å². The van der Waals surface area contributed by atoms with Crippen molar-refractivity contribution in [1.29, 1.82) is 0 Å². The molecule has 8 heteroatoms. The number of Topliss-reactive ketones (excluding diaryl/α,β-unsaturated/α-hetero) is 1. The van der Waals surface area contributed by atoms with Gasteiger partial charge in [0, 0.05) is 22.5 Å². The lowest BCUT2D eigenvalue weighted by Gasteiger charge is -2.41. The number of hydrogen-bond donors (Lipinski definition) is 0. The number of ether oxygens (including phenoxy) is 2. The molecule has 2 aromatic rings. The molecule has 0 unspecified atom stereocenters. The highest BCUT2D eigenvalue weighted by Crippen LogP contribution is 2.43. The number of ketones is 1. The average molecular weight is 465 g/mol. The van der Waals surface area contributed by atoms with Crippen LogP contribution in [0, 0.1) is 6.92 Å².